The molecule has 1 aliphatic heterocycles. The lowest BCUT2D eigenvalue weighted by Gasteiger charge is -2.17. The Kier molecular flexibility index (Phi) is 5.65. The summed E-state index contributed by atoms with van der Waals surface area (Å²) >= 11 is 0. The second kappa shape index (κ2) is 7.96. The van der Waals surface area contributed by atoms with Crippen LogP contribution >= 0.6 is 0 Å². The largest absolute Gasteiger partial charge is 0.454 e. The van der Waals surface area contributed by atoms with Crippen molar-refractivity contribution in [2.45, 2.75) is 31.1 Å². The number of sulfonamides is 1. The average molecular weight is 390 g/mol. The highest BCUT2D eigenvalue weighted by Gasteiger charge is 2.37. The van der Waals surface area contributed by atoms with Gasteiger partial charge in [0.2, 0.25) is 0 Å². The van der Waals surface area contributed by atoms with Crippen molar-refractivity contribution in [3.05, 3.63) is 36.4 Å². The van der Waals surface area contributed by atoms with Gasteiger partial charge in [-0.3, -0.25) is 13.9 Å². The van der Waals surface area contributed by atoms with Crippen LogP contribution in [0.15, 0.2) is 41.3 Å². The van der Waals surface area contributed by atoms with Gasteiger partial charge >= 0.3 is 5.97 Å². The van der Waals surface area contributed by atoms with Gasteiger partial charge in [-0.1, -0.05) is 44.0 Å². The van der Waals surface area contributed by atoms with E-state index in [1.807, 2.05) is 12.1 Å². The Hall–Kier alpha value is -2.61. The van der Waals surface area contributed by atoms with Crippen LogP contribution in [-0.4, -0.2) is 40.0 Å². The van der Waals surface area contributed by atoms with Crippen LogP contribution in [0.5, 0.6) is 0 Å². The molecule has 1 aliphatic rings. The highest BCUT2D eigenvalue weighted by atomic mass is 32.2. The maximum atomic E-state index is 12.8. The molecule has 7 nitrogen and oxygen atoms in total. The van der Waals surface area contributed by atoms with Crippen LogP contribution in [0.25, 0.3) is 10.8 Å². The zero-order valence-corrected chi connectivity index (χ0v) is 15.9. The number of rotatable bonds is 8. The number of esters is 1. The van der Waals surface area contributed by atoms with Crippen molar-refractivity contribution >= 4 is 38.4 Å². The Bertz CT molecular complexity index is 966. The summed E-state index contributed by atoms with van der Waals surface area (Å²) in [5.41, 5.74) is 0.448. The topological polar surface area (TPSA) is 92.8 Å². The SMILES string of the molecule is CCCCCNC(=O)COC(=O)CN1c2cccc3cccc(c23)S1(=O)=O. The fourth-order valence-electron chi connectivity index (χ4n) is 3.09. The number of hydrogen-bond acceptors (Lipinski definition) is 5. The van der Waals surface area contributed by atoms with E-state index in [1.54, 1.807) is 18.2 Å². The zero-order valence-electron chi connectivity index (χ0n) is 15.1. The molecule has 1 heterocycles. The van der Waals surface area contributed by atoms with E-state index >= 15 is 0 Å². The minimum Gasteiger partial charge on any atom is -0.454 e. The van der Waals surface area contributed by atoms with Crippen molar-refractivity contribution in [1.29, 1.82) is 0 Å². The molecule has 0 saturated heterocycles. The minimum absolute atomic E-state index is 0.178. The lowest BCUT2D eigenvalue weighted by atomic mass is 10.1. The number of nitrogens with one attached hydrogen (secondary N) is 1. The first-order valence-corrected chi connectivity index (χ1v) is 10.4. The number of hydrogen-bond donors (Lipinski definition) is 1. The fraction of sp³-hybridized carbons (Fsp3) is 0.368. The number of ether oxygens (including phenoxy) is 1. The van der Waals surface area contributed by atoms with Gasteiger partial charge < -0.3 is 10.1 Å². The Morgan fingerprint density at radius 1 is 1.11 bits per heavy atom. The van der Waals surface area contributed by atoms with Crippen LogP contribution in [0.3, 0.4) is 0 Å². The van der Waals surface area contributed by atoms with Crippen molar-refractivity contribution in [1.82, 2.24) is 5.32 Å². The third-order valence-electron chi connectivity index (χ3n) is 4.42. The van der Waals surface area contributed by atoms with E-state index in [1.165, 1.54) is 6.07 Å². The third-order valence-corrected chi connectivity index (χ3v) is 6.22. The normalized spacial score (nSPS) is 14.3. The zero-order chi connectivity index (χ0) is 19.4. The van der Waals surface area contributed by atoms with Gasteiger partial charge in [-0.05, 0) is 23.9 Å². The molecule has 1 amide bonds. The van der Waals surface area contributed by atoms with E-state index in [4.69, 9.17) is 4.74 Å². The number of amides is 1. The van der Waals surface area contributed by atoms with Gasteiger partial charge in [0.25, 0.3) is 15.9 Å². The molecular formula is C19H22N2O5S. The van der Waals surface area contributed by atoms with Crippen LogP contribution in [0.4, 0.5) is 5.69 Å². The summed E-state index contributed by atoms with van der Waals surface area (Å²) in [5, 5.41) is 4.05. The van der Waals surface area contributed by atoms with Gasteiger partial charge in [0, 0.05) is 11.9 Å². The highest BCUT2D eigenvalue weighted by Crippen LogP contribution is 2.41. The van der Waals surface area contributed by atoms with Gasteiger partial charge in [-0.2, -0.15) is 0 Å². The predicted molar refractivity (Wildman–Crippen MR) is 102 cm³/mol. The van der Waals surface area contributed by atoms with Crippen molar-refractivity contribution in [2.24, 2.45) is 0 Å². The summed E-state index contributed by atoms with van der Waals surface area (Å²) in [6.45, 7) is 1.70. The van der Waals surface area contributed by atoms with E-state index in [2.05, 4.69) is 12.2 Å². The Morgan fingerprint density at radius 2 is 1.85 bits per heavy atom. The summed E-state index contributed by atoms with van der Waals surface area (Å²) < 4.78 is 31.5. The number of nitrogens with zero attached hydrogens (tertiary/aromatic N) is 1. The van der Waals surface area contributed by atoms with Gasteiger partial charge in [0.05, 0.1) is 10.6 Å². The van der Waals surface area contributed by atoms with Crippen LogP contribution < -0.4 is 9.62 Å². The van der Waals surface area contributed by atoms with Gasteiger partial charge in [0.15, 0.2) is 6.61 Å². The molecule has 1 N–H and O–H groups in total. The maximum absolute atomic E-state index is 12.8. The molecule has 0 bridgehead atoms. The van der Waals surface area contributed by atoms with Crippen LogP contribution in [0, 0.1) is 0 Å². The first kappa shape index (κ1) is 19.2. The van der Waals surface area contributed by atoms with Crippen molar-refractivity contribution < 1.29 is 22.7 Å². The lowest BCUT2D eigenvalue weighted by Crippen LogP contribution is -2.36. The number of anilines is 1. The quantitative estimate of drug-likeness (QED) is 0.551. The Labute approximate surface area is 158 Å². The van der Waals surface area contributed by atoms with Gasteiger partial charge in [-0.25, -0.2) is 8.42 Å². The summed E-state index contributed by atoms with van der Waals surface area (Å²) in [5.74, 6) is -1.17. The molecule has 0 saturated carbocycles. The molecule has 2 aromatic carbocycles. The molecule has 2 aromatic rings. The van der Waals surface area contributed by atoms with Crippen molar-refractivity contribution in [3.63, 3.8) is 0 Å². The average Bonchev–Trinajstić information content (AvgIpc) is 2.87. The van der Waals surface area contributed by atoms with E-state index in [0.29, 0.717) is 17.6 Å². The Balaban J connectivity index is 1.64. The monoisotopic (exact) mass is 390 g/mol. The molecule has 0 aliphatic carbocycles. The second-order valence-electron chi connectivity index (χ2n) is 6.36. The third kappa shape index (κ3) is 3.90. The molecule has 0 aromatic heterocycles. The van der Waals surface area contributed by atoms with E-state index in [0.717, 1.165) is 29.0 Å². The highest BCUT2D eigenvalue weighted by molar-refractivity contribution is 7.93. The standard InChI is InChI=1S/C19H22N2O5S/c1-2-3-4-11-20-17(22)13-26-18(23)12-21-15-9-5-7-14-8-6-10-16(19(14)15)27(21,24)25/h5-10H,2-4,11-13H2,1H3,(H,20,22). The smallest absolute Gasteiger partial charge is 0.327 e. The van der Waals surface area contributed by atoms with Crippen LogP contribution in [0.1, 0.15) is 26.2 Å². The molecule has 0 fully saturated rings. The minimum atomic E-state index is -3.82. The van der Waals surface area contributed by atoms with Crippen LogP contribution in [-0.2, 0) is 24.3 Å². The van der Waals surface area contributed by atoms with Crippen molar-refractivity contribution in [3.8, 4) is 0 Å². The molecular weight excluding hydrogens is 368 g/mol. The Morgan fingerprint density at radius 3 is 2.59 bits per heavy atom. The van der Waals surface area contributed by atoms with Gasteiger partial charge in [-0.15, -0.1) is 0 Å². The fourth-order valence-corrected chi connectivity index (χ4v) is 4.75. The summed E-state index contributed by atoms with van der Waals surface area (Å²) in [6, 6.07) is 10.2. The van der Waals surface area contributed by atoms with Crippen molar-refractivity contribution in [2.75, 3.05) is 24.0 Å². The molecule has 0 atom stereocenters. The predicted octanol–water partition coefficient (Wildman–Crippen LogP) is 2.20. The molecule has 0 unspecified atom stereocenters. The van der Waals surface area contributed by atoms with Gasteiger partial charge in [0.1, 0.15) is 6.54 Å². The molecule has 3 rings (SSSR count). The molecule has 27 heavy (non-hydrogen) atoms. The first-order chi connectivity index (χ1) is 12.9. The number of carbonyl (C=O) groups is 2. The number of benzene rings is 2. The first-order valence-electron chi connectivity index (χ1n) is 8.92. The summed E-state index contributed by atoms with van der Waals surface area (Å²) in [6.07, 6.45) is 2.92. The molecule has 0 radical (unpaired) electrons. The van der Waals surface area contributed by atoms with E-state index in [9.17, 15) is 18.0 Å². The number of unbranched alkanes of at least 4 members (excludes halogenated alkanes) is 2. The van der Waals surface area contributed by atoms with Crippen LogP contribution in [0.2, 0.25) is 0 Å². The summed E-state index contributed by atoms with van der Waals surface area (Å²) in [4.78, 5) is 24.0. The molecule has 0 spiro atoms. The molecule has 8 heteroatoms. The lowest BCUT2D eigenvalue weighted by molar-refractivity contribution is -0.147. The van der Waals surface area contributed by atoms with E-state index in [-0.39, 0.29) is 4.90 Å². The number of carbonyl (C=O) groups excluding carboxylic acids is 2. The molecule has 144 valence electrons. The second-order valence-corrected chi connectivity index (χ2v) is 8.19. The maximum Gasteiger partial charge on any atom is 0.327 e. The summed E-state index contributed by atoms with van der Waals surface area (Å²) in [7, 11) is -3.82. The van der Waals surface area contributed by atoms with E-state index < -0.39 is 35.1 Å².